The fourth-order valence-electron chi connectivity index (χ4n) is 2.11. The van der Waals surface area contributed by atoms with Crippen molar-refractivity contribution in [2.24, 2.45) is 5.92 Å². The summed E-state index contributed by atoms with van der Waals surface area (Å²) in [6.45, 7) is 5.93. The molecule has 0 aliphatic heterocycles. The molecule has 0 heterocycles. The summed E-state index contributed by atoms with van der Waals surface area (Å²) >= 11 is 0. The van der Waals surface area contributed by atoms with Crippen molar-refractivity contribution in [1.82, 2.24) is 4.90 Å². The van der Waals surface area contributed by atoms with E-state index in [-0.39, 0.29) is 17.8 Å². The van der Waals surface area contributed by atoms with Crippen LogP contribution in [0.3, 0.4) is 0 Å². The second kappa shape index (κ2) is 6.36. The first-order valence-corrected chi connectivity index (χ1v) is 6.28. The molecule has 1 aromatic carbocycles. The van der Waals surface area contributed by atoms with Crippen molar-refractivity contribution in [2.75, 3.05) is 20.7 Å². The van der Waals surface area contributed by atoms with Crippen molar-refractivity contribution < 1.29 is 14.3 Å². The van der Waals surface area contributed by atoms with E-state index in [1.807, 2.05) is 32.0 Å². The molecule has 0 aliphatic carbocycles. The van der Waals surface area contributed by atoms with E-state index in [0.29, 0.717) is 12.1 Å². The van der Waals surface area contributed by atoms with E-state index < -0.39 is 0 Å². The van der Waals surface area contributed by atoms with Crippen molar-refractivity contribution >= 4 is 11.9 Å². The minimum Gasteiger partial charge on any atom is -0.469 e. The Kier molecular flexibility index (Phi) is 5.10. The molecule has 0 N–H and O–H groups in total. The van der Waals surface area contributed by atoms with E-state index in [0.717, 1.165) is 11.1 Å². The molecule has 1 aromatic rings. The summed E-state index contributed by atoms with van der Waals surface area (Å²) in [5.74, 6) is -0.698. The van der Waals surface area contributed by atoms with Crippen LogP contribution in [0.15, 0.2) is 18.2 Å². The van der Waals surface area contributed by atoms with Gasteiger partial charge in [0.1, 0.15) is 0 Å². The summed E-state index contributed by atoms with van der Waals surface area (Å²) in [6.07, 6.45) is 0. The quantitative estimate of drug-likeness (QED) is 0.782. The third kappa shape index (κ3) is 3.56. The third-order valence-electron chi connectivity index (χ3n) is 3.19. The zero-order chi connectivity index (χ0) is 14.6. The number of rotatable bonds is 4. The number of esters is 1. The lowest BCUT2D eigenvalue weighted by Crippen LogP contribution is -2.34. The van der Waals surface area contributed by atoms with Crippen LogP contribution in [0.5, 0.6) is 0 Å². The van der Waals surface area contributed by atoms with E-state index >= 15 is 0 Å². The van der Waals surface area contributed by atoms with Gasteiger partial charge in [0.25, 0.3) is 5.91 Å². The molecule has 0 bridgehead atoms. The number of benzene rings is 1. The second-order valence-electron chi connectivity index (χ2n) is 4.88. The predicted octanol–water partition coefficient (Wildman–Crippen LogP) is 2.18. The van der Waals surface area contributed by atoms with E-state index in [1.54, 1.807) is 18.9 Å². The molecular weight excluding hydrogens is 242 g/mol. The first kappa shape index (κ1) is 15.2. The summed E-state index contributed by atoms with van der Waals surface area (Å²) in [6, 6.07) is 5.76. The zero-order valence-corrected chi connectivity index (χ0v) is 12.2. The monoisotopic (exact) mass is 263 g/mol. The van der Waals surface area contributed by atoms with Gasteiger partial charge in [0.15, 0.2) is 0 Å². The minimum absolute atomic E-state index is 0.0636. The first-order chi connectivity index (χ1) is 8.88. The van der Waals surface area contributed by atoms with Crippen LogP contribution in [0.4, 0.5) is 0 Å². The molecule has 0 radical (unpaired) electrons. The average molecular weight is 263 g/mol. The largest absolute Gasteiger partial charge is 0.469 e. The van der Waals surface area contributed by atoms with E-state index in [1.165, 1.54) is 7.11 Å². The van der Waals surface area contributed by atoms with Gasteiger partial charge >= 0.3 is 5.97 Å². The average Bonchev–Trinajstić information content (AvgIpc) is 2.37. The number of amides is 1. The van der Waals surface area contributed by atoms with Crippen LogP contribution in [0.25, 0.3) is 0 Å². The Bertz CT molecular complexity index is 462. The van der Waals surface area contributed by atoms with Crippen molar-refractivity contribution in [2.45, 2.75) is 20.8 Å². The van der Waals surface area contributed by atoms with Crippen molar-refractivity contribution in [3.05, 3.63) is 34.9 Å². The number of hydrogen-bond acceptors (Lipinski definition) is 3. The van der Waals surface area contributed by atoms with Gasteiger partial charge in [0.2, 0.25) is 0 Å². The molecule has 1 unspecified atom stereocenters. The Morgan fingerprint density at radius 3 is 2.26 bits per heavy atom. The second-order valence-corrected chi connectivity index (χ2v) is 4.88. The standard InChI is InChI=1S/C15H21NO3/c1-10-7-6-8-11(2)13(10)14(17)16(4)9-12(3)15(18)19-5/h6-8,12H,9H2,1-5H3. The molecule has 19 heavy (non-hydrogen) atoms. The number of methoxy groups -OCH3 is 1. The lowest BCUT2D eigenvalue weighted by Gasteiger charge is -2.22. The zero-order valence-electron chi connectivity index (χ0n) is 12.2. The molecule has 0 saturated heterocycles. The van der Waals surface area contributed by atoms with Gasteiger partial charge in [-0.25, -0.2) is 0 Å². The number of nitrogens with zero attached hydrogens (tertiary/aromatic N) is 1. The number of hydrogen-bond donors (Lipinski definition) is 0. The number of carbonyl (C=O) groups is 2. The number of aryl methyl sites for hydroxylation is 2. The van der Waals surface area contributed by atoms with Gasteiger partial charge < -0.3 is 9.64 Å². The molecule has 1 atom stereocenters. The minimum atomic E-state index is -0.330. The summed E-state index contributed by atoms with van der Waals surface area (Å²) in [5.41, 5.74) is 2.60. The fourth-order valence-corrected chi connectivity index (χ4v) is 2.11. The smallest absolute Gasteiger partial charge is 0.310 e. The van der Waals surface area contributed by atoms with Crippen LogP contribution >= 0.6 is 0 Å². The highest BCUT2D eigenvalue weighted by molar-refractivity contribution is 5.97. The van der Waals surface area contributed by atoms with Crippen LogP contribution in [0.2, 0.25) is 0 Å². The van der Waals surface area contributed by atoms with Crippen LogP contribution in [0.1, 0.15) is 28.4 Å². The highest BCUT2D eigenvalue weighted by Crippen LogP contribution is 2.16. The Morgan fingerprint density at radius 2 is 1.79 bits per heavy atom. The Balaban J connectivity index is 2.86. The van der Waals surface area contributed by atoms with Gasteiger partial charge in [-0.05, 0) is 25.0 Å². The maximum absolute atomic E-state index is 12.4. The predicted molar refractivity (Wildman–Crippen MR) is 74.1 cm³/mol. The van der Waals surface area contributed by atoms with Crippen LogP contribution in [0, 0.1) is 19.8 Å². The molecule has 1 rings (SSSR count). The summed E-state index contributed by atoms with van der Waals surface area (Å²) < 4.78 is 4.67. The van der Waals surface area contributed by atoms with Crippen LogP contribution in [-0.4, -0.2) is 37.5 Å². The molecule has 0 aromatic heterocycles. The Labute approximate surface area is 114 Å². The molecule has 4 nitrogen and oxygen atoms in total. The topological polar surface area (TPSA) is 46.6 Å². The first-order valence-electron chi connectivity index (χ1n) is 6.28. The van der Waals surface area contributed by atoms with Crippen LogP contribution < -0.4 is 0 Å². The normalized spacial score (nSPS) is 11.8. The maximum Gasteiger partial charge on any atom is 0.310 e. The molecule has 0 saturated carbocycles. The van der Waals surface area contributed by atoms with Crippen molar-refractivity contribution in [1.29, 1.82) is 0 Å². The van der Waals surface area contributed by atoms with Gasteiger partial charge in [-0.15, -0.1) is 0 Å². The number of carbonyl (C=O) groups excluding carboxylic acids is 2. The highest BCUT2D eigenvalue weighted by Gasteiger charge is 2.21. The third-order valence-corrected chi connectivity index (χ3v) is 3.19. The summed E-state index contributed by atoms with van der Waals surface area (Å²) in [5, 5.41) is 0. The molecule has 0 aliphatic rings. The highest BCUT2D eigenvalue weighted by atomic mass is 16.5. The van der Waals surface area contributed by atoms with Gasteiger partial charge in [0.05, 0.1) is 13.0 Å². The number of ether oxygens (including phenoxy) is 1. The van der Waals surface area contributed by atoms with Gasteiger partial charge in [-0.2, -0.15) is 0 Å². The molecule has 4 heteroatoms. The lowest BCUT2D eigenvalue weighted by molar-refractivity contribution is -0.145. The van der Waals surface area contributed by atoms with Crippen molar-refractivity contribution in [3.63, 3.8) is 0 Å². The van der Waals surface area contributed by atoms with E-state index in [2.05, 4.69) is 4.74 Å². The molecule has 0 spiro atoms. The maximum atomic E-state index is 12.4. The van der Waals surface area contributed by atoms with E-state index in [4.69, 9.17) is 0 Å². The summed E-state index contributed by atoms with van der Waals surface area (Å²) in [7, 11) is 3.06. The molecule has 1 amide bonds. The Morgan fingerprint density at radius 1 is 1.26 bits per heavy atom. The van der Waals surface area contributed by atoms with Gasteiger partial charge in [-0.1, -0.05) is 25.1 Å². The SMILES string of the molecule is COC(=O)C(C)CN(C)C(=O)c1c(C)cccc1C. The van der Waals surface area contributed by atoms with Gasteiger partial charge in [0, 0.05) is 19.2 Å². The Hall–Kier alpha value is -1.84. The van der Waals surface area contributed by atoms with Crippen LogP contribution in [-0.2, 0) is 9.53 Å². The van der Waals surface area contributed by atoms with Gasteiger partial charge in [-0.3, -0.25) is 9.59 Å². The van der Waals surface area contributed by atoms with Crippen molar-refractivity contribution in [3.8, 4) is 0 Å². The molecular formula is C15H21NO3. The molecule has 104 valence electrons. The van der Waals surface area contributed by atoms with E-state index in [9.17, 15) is 9.59 Å². The fraction of sp³-hybridized carbons (Fsp3) is 0.467. The lowest BCUT2D eigenvalue weighted by atomic mass is 10.0. The summed E-state index contributed by atoms with van der Waals surface area (Å²) in [4.78, 5) is 25.4. The molecule has 0 fully saturated rings.